The smallest absolute Gasteiger partial charge is 0.150 e. The summed E-state index contributed by atoms with van der Waals surface area (Å²) < 4.78 is 5.59. The maximum absolute atomic E-state index is 10.8. The number of pyridine rings is 1. The molecule has 0 aliphatic carbocycles. The number of carbonyl (C=O) groups excluding carboxylic acids is 1. The zero-order chi connectivity index (χ0) is 14.2. The highest BCUT2D eigenvalue weighted by molar-refractivity contribution is 5.86. The number of hydrogen-bond acceptors (Lipinski definition) is 3. The van der Waals surface area contributed by atoms with Gasteiger partial charge in [-0.15, -0.1) is 0 Å². The lowest BCUT2D eigenvalue weighted by molar-refractivity contribution is -0.00552. The van der Waals surface area contributed by atoms with E-state index in [9.17, 15) is 4.79 Å². The molecule has 1 fully saturated rings. The van der Waals surface area contributed by atoms with Crippen LogP contribution in [0.2, 0.25) is 0 Å². The Balaban J connectivity index is 2.02. The van der Waals surface area contributed by atoms with Gasteiger partial charge in [-0.05, 0) is 36.1 Å². The van der Waals surface area contributed by atoms with Crippen LogP contribution < -0.4 is 0 Å². The average molecular weight is 269 g/mol. The molecule has 1 aromatic carbocycles. The molecule has 0 saturated carbocycles. The lowest BCUT2D eigenvalue weighted by Gasteiger charge is -2.38. The maximum Gasteiger partial charge on any atom is 0.150 e. The predicted molar refractivity (Wildman–Crippen MR) is 79.1 cm³/mol. The number of carbonyl (C=O) groups is 1. The van der Waals surface area contributed by atoms with Gasteiger partial charge >= 0.3 is 0 Å². The van der Waals surface area contributed by atoms with Crippen LogP contribution in [0.3, 0.4) is 0 Å². The number of benzene rings is 1. The van der Waals surface area contributed by atoms with Crippen LogP contribution in [0.25, 0.3) is 10.9 Å². The Labute approximate surface area is 119 Å². The minimum atomic E-state index is 0.113. The third kappa shape index (κ3) is 2.34. The van der Waals surface area contributed by atoms with Crippen molar-refractivity contribution >= 4 is 17.2 Å². The first-order valence-electron chi connectivity index (χ1n) is 7.04. The van der Waals surface area contributed by atoms with Gasteiger partial charge in [-0.25, -0.2) is 0 Å². The van der Waals surface area contributed by atoms with Crippen molar-refractivity contribution in [3.05, 3.63) is 41.6 Å². The van der Waals surface area contributed by atoms with Gasteiger partial charge in [-0.2, -0.15) is 0 Å². The number of aldehydes is 1. The molecule has 3 heteroatoms. The highest BCUT2D eigenvalue weighted by Crippen LogP contribution is 2.40. The number of aromatic nitrogens is 1. The van der Waals surface area contributed by atoms with E-state index in [0.29, 0.717) is 11.5 Å². The fourth-order valence-electron chi connectivity index (χ4n) is 3.00. The van der Waals surface area contributed by atoms with Crippen LogP contribution in [0.5, 0.6) is 0 Å². The maximum atomic E-state index is 10.8. The topological polar surface area (TPSA) is 39.2 Å². The van der Waals surface area contributed by atoms with Gasteiger partial charge in [-0.3, -0.25) is 9.78 Å². The monoisotopic (exact) mass is 269 g/mol. The molecule has 3 rings (SSSR count). The van der Waals surface area contributed by atoms with E-state index in [1.807, 2.05) is 18.2 Å². The van der Waals surface area contributed by atoms with Gasteiger partial charge in [0.1, 0.15) is 6.29 Å². The van der Waals surface area contributed by atoms with Crippen molar-refractivity contribution in [2.24, 2.45) is 5.41 Å². The summed E-state index contributed by atoms with van der Waals surface area (Å²) in [6.45, 7) is 6.05. The van der Waals surface area contributed by atoms with Crippen LogP contribution in [0.15, 0.2) is 30.3 Å². The molecule has 3 nitrogen and oxygen atoms in total. The quantitative estimate of drug-likeness (QED) is 0.782. The summed E-state index contributed by atoms with van der Waals surface area (Å²) in [5, 5.41) is 1.02. The molecule has 2 heterocycles. The zero-order valence-electron chi connectivity index (χ0n) is 11.9. The Morgan fingerprint density at radius 2 is 2.15 bits per heavy atom. The van der Waals surface area contributed by atoms with Crippen molar-refractivity contribution in [3.63, 3.8) is 0 Å². The molecule has 0 radical (unpaired) electrons. The Morgan fingerprint density at radius 1 is 1.30 bits per heavy atom. The summed E-state index contributed by atoms with van der Waals surface area (Å²) >= 11 is 0. The van der Waals surface area contributed by atoms with E-state index in [0.717, 1.165) is 42.5 Å². The molecule has 1 aromatic heterocycles. The minimum Gasteiger partial charge on any atom is -0.381 e. The van der Waals surface area contributed by atoms with Gasteiger partial charge in [0.2, 0.25) is 0 Å². The lowest BCUT2D eigenvalue weighted by Crippen LogP contribution is -2.34. The van der Waals surface area contributed by atoms with E-state index in [1.165, 1.54) is 0 Å². The second kappa shape index (κ2) is 4.98. The molecule has 20 heavy (non-hydrogen) atoms. The van der Waals surface area contributed by atoms with Crippen molar-refractivity contribution in [3.8, 4) is 0 Å². The molecule has 0 bridgehead atoms. The summed E-state index contributed by atoms with van der Waals surface area (Å²) in [5.41, 5.74) is 2.89. The van der Waals surface area contributed by atoms with Crippen molar-refractivity contribution < 1.29 is 9.53 Å². The van der Waals surface area contributed by atoms with Crippen LogP contribution in [-0.4, -0.2) is 24.5 Å². The largest absolute Gasteiger partial charge is 0.381 e. The summed E-state index contributed by atoms with van der Waals surface area (Å²) in [6.07, 6.45) is 1.88. The molecule has 0 N–H and O–H groups in total. The van der Waals surface area contributed by atoms with E-state index in [2.05, 4.69) is 26.0 Å². The van der Waals surface area contributed by atoms with Crippen LogP contribution in [0.4, 0.5) is 0 Å². The third-order valence-corrected chi connectivity index (χ3v) is 4.20. The molecule has 0 unspecified atom stereocenters. The predicted octanol–water partition coefficient (Wildman–Crippen LogP) is 3.58. The molecular weight excluding hydrogens is 250 g/mol. The highest BCUT2D eigenvalue weighted by atomic mass is 16.5. The van der Waals surface area contributed by atoms with Crippen molar-refractivity contribution in [1.82, 2.24) is 4.98 Å². The van der Waals surface area contributed by atoms with E-state index < -0.39 is 0 Å². The number of nitrogens with zero attached hydrogens (tertiary/aromatic N) is 1. The summed E-state index contributed by atoms with van der Waals surface area (Å²) in [4.78, 5) is 15.6. The number of rotatable bonds is 2. The Bertz CT molecular complexity index is 648. The SMILES string of the molecule is CC1(C)COCC[C@H]1c1ccc2cc(C=O)ccc2n1. The van der Waals surface area contributed by atoms with E-state index in [-0.39, 0.29) is 5.41 Å². The molecular formula is C17H19NO2. The van der Waals surface area contributed by atoms with E-state index in [1.54, 1.807) is 0 Å². The van der Waals surface area contributed by atoms with Crippen molar-refractivity contribution in [2.45, 2.75) is 26.2 Å². The molecule has 2 aromatic rings. The second-order valence-electron chi connectivity index (χ2n) is 6.19. The van der Waals surface area contributed by atoms with Gasteiger partial charge in [0.05, 0.1) is 12.1 Å². The second-order valence-corrected chi connectivity index (χ2v) is 6.19. The number of fused-ring (bicyclic) bond motifs is 1. The molecule has 1 aliphatic rings. The Hall–Kier alpha value is -1.74. The summed E-state index contributed by atoms with van der Waals surface area (Å²) in [6, 6.07) is 9.79. The highest BCUT2D eigenvalue weighted by Gasteiger charge is 2.35. The van der Waals surface area contributed by atoms with Gasteiger partial charge in [0, 0.05) is 29.2 Å². The molecule has 1 atom stereocenters. The lowest BCUT2D eigenvalue weighted by atomic mass is 9.74. The van der Waals surface area contributed by atoms with Crippen LogP contribution in [-0.2, 0) is 4.74 Å². The van der Waals surface area contributed by atoms with E-state index in [4.69, 9.17) is 9.72 Å². The van der Waals surface area contributed by atoms with Gasteiger partial charge < -0.3 is 4.74 Å². The van der Waals surface area contributed by atoms with Crippen LogP contribution in [0, 0.1) is 5.41 Å². The molecule has 1 aliphatic heterocycles. The first-order chi connectivity index (χ1) is 9.60. The van der Waals surface area contributed by atoms with Crippen molar-refractivity contribution in [2.75, 3.05) is 13.2 Å². The van der Waals surface area contributed by atoms with E-state index >= 15 is 0 Å². The Morgan fingerprint density at radius 3 is 2.90 bits per heavy atom. The normalized spacial score (nSPS) is 21.8. The number of ether oxygens (including phenoxy) is 1. The molecule has 0 amide bonds. The molecule has 0 spiro atoms. The first kappa shape index (κ1) is 13.3. The standard InChI is InChI=1S/C17H19NO2/c1-17(2)11-20-8-7-14(17)16-6-4-13-9-12(10-19)3-5-15(13)18-16/h3-6,9-10,14H,7-8,11H2,1-2H3/t14-/m0/s1. The summed E-state index contributed by atoms with van der Waals surface area (Å²) in [5.74, 6) is 0.423. The molecule has 104 valence electrons. The third-order valence-electron chi connectivity index (χ3n) is 4.20. The van der Waals surface area contributed by atoms with Crippen LogP contribution >= 0.6 is 0 Å². The van der Waals surface area contributed by atoms with Gasteiger partial charge in [0.15, 0.2) is 0 Å². The van der Waals surface area contributed by atoms with Crippen molar-refractivity contribution in [1.29, 1.82) is 0 Å². The molecule has 1 saturated heterocycles. The Kier molecular flexibility index (Phi) is 3.30. The number of hydrogen-bond donors (Lipinski definition) is 0. The average Bonchev–Trinajstić information content (AvgIpc) is 2.45. The fourth-order valence-corrected chi connectivity index (χ4v) is 3.00. The fraction of sp³-hybridized carbons (Fsp3) is 0.412. The van der Waals surface area contributed by atoms with Gasteiger partial charge in [0.25, 0.3) is 0 Å². The minimum absolute atomic E-state index is 0.113. The van der Waals surface area contributed by atoms with Gasteiger partial charge in [-0.1, -0.05) is 19.9 Å². The first-order valence-corrected chi connectivity index (χ1v) is 7.04. The van der Waals surface area contributed by atoms with Crippen LogP contribution in [0.1, 0.15) is 42.2 Å². The summed E-state index contributed by atoms with van der Waals surface area (Å²) in [7, 11) is 0. The zero-order valence-corrected chi connectivity index (χ0v) is 11.9.